The summed E-state index contributed by atoms with van der Waals surface area (Å²) in [5.41, 5.74) is 5.55. The van der Waals surface area contributed by atoms with Gasteiger partial charge in [-0.2, -0.15) is 0 Å². The molecule has 5 nitrogen and oxygen atoms in total. The summed E-state index contributed by atoms with van der Waals surface area (Å²) < 4.78 is 0. The molecule has 0 aromatic rings. The molecular weight excluding hydrogens is 244 g/mol. The van der Waals surface area contributed by atoms with Crippen molar-refractivity contribution in [1.82, 2.24) is 5.32 Å². The monoisotopic (exact) mass is 272 g/mol. The Labute approximate surface area is 115 Å². The van der Waals surface area contributed by atoms with Gasteiger partial charge in [0.25, 0.3) is 0 Å². The number of carboxylic acid groups (broad SMARTS) is 1. The fourth-order valence-corrected chi connectivity index (χ4v) is 2.22. The third-order valence-corrected chi connectivity index (χ3v) is 3.26. The van der Waals surface area contributed by atoms with E-state index >= 15 is 0 Å². The van der Waals surface area contributed by atoms with Crippen molar-refractivity contribution in [3.05, 3.63) is 0 Å². The lowest BCUT2D eigenvalue weighted by atomic mass is 9.94. The van der Waals surface area contributed by atoms with E-state index in [0.717, 1.165) is 32.1 Å². The average molecular weight is 272 g/mol. The fraction of sp³-hybridized carbons (Fsp3) is 0.857. The van der Waals surface area contributed by atoms with E-state index in [1.54, 1.807) is 0 Å². The number of aliphatic carboxylic acids is 1. The highest BCUT2D eigenvalue weighted by atomic mass is 16.4. The van der Waals surface area contributed by atoms with Gasteiger partial charge in [-0.25, -0.2) is 4.79 Å². The fourth-order valence-electron chi connectivity index (χ4n) is 2.22. The van der Waals surface area contributed by atoms with E-state index in [4.69, 9.17) is 10.8 Å². The summed E-state index contributed by atoms with van der Waals surface area (Å²) in [5.74, 6) is -0.656. The van der Waals surface area contributed by atoms with Crippen molar-refractivity contribution in [2.45, 2.75) is 64.8 Å². The molecule has 112 valence electrons. The Morgan fingerprint density at radius 3 is 2.21 bits per heavy atom. The smallest absolute Gasteiger partial charge is 0.326 e. The van der Waals surface area contributed by atoms with Crippen LogP contribution in [0, 0.1) is 5.92 Å². The van der Waals surface area contributed by atoms with E-state index in [2.05, 4.69) is 12.2 Å². The number of rotatable bonds is 11. The Hall–Kier alpha value is -1.10. The highest BCUT2D eigenvalue weighted by Crippen LogP contribution is 2.16. The molecule has 5 heteroatoms. The minimum Gasteiger partial charge on any atom is -0.480 e. The van der Waals surface area contributed by atoms with Crippen LogP contribution in [0.4, 0.5) is 0 Å². The molecule has 4 N–H and O–H groups in total. The standard InChI is InChI=1S/C14H28N2O3/c1-3-5-11(9-10-15)7-8-13(17)16-12(6-4-2)14(18)19/h11-12H,3-10,15H2,1-2H3,(H,16,17)(H,18,19). The molecule has 0 aromatic heterocycles. The Balaban J connectivity index is 4.10. The van der Waals surface area contributed by atoms with Crippen LogP contribution in [0.15, 0.2) is 0 Å². The highest BCUT2D eigenvalue weighted by molar-refractivity contribution is 5.83. The number of nitrogens with one attached hydrogen (secondary N) is 1. The van der Waals surface area contributed by atoms with Crippen LogP contribution in [0.1, 0.15) is 58.8 Å². The maximum atomic E-state index is 11.7. The third-order valence-electron chi connectivity index (χ3n) is 3.26. The summed E-state index contributed by atoms with van der Waals surface area (Å²) in [4.78, 5) is 22.7. The van der Waals surface area contributed by atoms with Gasteiger partial charge in [0.05, 0.1) is 0 Å². The number of nitrogens with two attached hydrogens (primary N) is 1. The van der Waals surface area contributed by atoms with Gasteiger partial charge in [-0.15, -0.1) is 0 Å². The first-order valence-corrected chi connectivity index (χ1v) is 7.27. The van der Waals surface area contributed by atoms with Gasteiger partial charge in [0.15, 0.2) is 0 Å². The summed E-state index contributed by atoms with van der Waals surface area (Å²) in [7, 11) is 0. The molecule has 19 heavy (non-hydrogen) atoms. The maximum Gasteiger partial charge on any atom is 0.326 e. The van der Waals surface area contributed by atoms with Crippen molar-refractivity contribution in [2.75, 3.05) is 6.54 Å². The minimum atomic E-state index is -0.956. The lowest BCUT2D eigenvalue weighted by molar-refractivity contribution is -0.142. The molecule has 1 amide bonds. The van der Waals surface area contributed by atoms with Crippen LogP contribution in [-0.4, -0.2) is 29.6 Å². The van der Waals surface area contributed by atoms with Crippen molar-refractivity contribution >= 4 is 11.9 Å². The zero-order valence-electron chi connectivity index (χ0n) is 12.2. The molecule has 0 radical (unpaired) electrons. The van der Waals surface area contributed by atoms with E-state index in [1.165, 1.54) is 0 Å². The summed E-state index contributed by atoms with van der Waals surface area (Å²) >= 11 is 0. The van der Waals surface area contributed by atoms with Gasteiger partial charge >= 0.3 is 5.97 Å². The SMILES string of the molecule is CCCC(CCN)CCC(=O)NC(CCC)C(=O)O. The number of amides is 1. The lowest BCUT2D eigenvalue weighted by Crippen LogP contribution is -2.40. The quantitative estimate of drug-likeness (QED) is 0.535. The predicted molar refractivity (Wildman–Crippen MR) is 75.8 cm³/mol. The molecular formula is C14H28N2O3. The van der Waals surface area contributed by atoms with Gasteiger partial charge in [0.1, 0.15) is 6.04 Å². The second kappa shape index (κ2) is 10.8. The van der Waals surface area contributed by atoms with Crippen LogP contribution in [0.2, 0.25) is 0 Å². The van der Waals surface area contributed by atoms with Crippen molar-refractivity contribution in [1.29, 1.82) is 0 Å². The van der Waals surface area contributed by atoms with Gasteiger partial charge < -0.3 is 16.2 Å². The number of hydrogen-bond donors (Lipinski definition) is 3. The summed E-state index contributed by atoms with van der Waals surface area (Å²) in [6.07, 6.45) is 5.47. The van der Waals surface area contributed by atoms with E-state index < -0.39 is 12.0 Å². The van der Waals surface area contributed by atoms with Gasteiger partial charge in [-0.1, -0.05) is 33.1 Å². The Bertz CT molecular complexity index is 263. The largest absolute Gasteiger partial charge is 0.480 e. The lowest BCUT2D eigenvalue weighted by Gasteiger charge is -2.17. The molecule has 0 aliphatic rings. The molecule has 0 saturated carbocycles. The van der Waals surface area contributed by atoms with Crippen LogP contribution >= 0.6 is 0 Å². The zero-order chi connectivity index (χ0) is 14.7. The molecule has 0 heterocycles. The topological polar surface area (TPSA) is 92.4 Å². The van der Waals surface area contributed by atoms with Crippen molar-refractivity contribution in [2.24, 2.45) is 11.7 Å². The molecule has 2 unspecified atom stereocenters. The van der Waals surface area contributed by atoms with Gasteiger partial charge in [0.2, 0.25) is 5.91 Å². The molecule has 0 fully saturated rings. The number of hydrogen-bond acceptors (Lipinski definition) is 3. The second-order valence-electron chi connectivity index (χ2n) is 5.02. The second-order valence-corrected chi connectivity index (χ2v) is 5.02. The summed E-state index contributed by atoms with van der Waals surface area (Å²) in [6.45, 7) is 4.66. The van der Waals surface area contributed by atoms with Crippen LogP contribution in [0.5, 0.6) is 0 Å². The Kier molecular flexibility index (Phi) is 10.2. The summed E-state index contributed by atoms with van der Waals surface area (Å²) in [5, 5.41) is 11.6. The van der Waals surface area contributed by atoms with Crippen molar-refractivity contribution in [3.8, 4) is 0 Å². The van der Waals surface area contributed by atoms with Gasteiger partial charge in [-0.05, 0) is 31.7 Å². The van der Waals surface area contributed by atoms with Crippen molar-refractivity contribution < 1.29 is 14.7 Å². The first-order chi connectivity index (χ1) is 9.04. The van der Waals surface area contributed by atoms with Gasteiger partial charge in [0, 0.05) is 6.42 Å². The molecule has 0 aromatic carbocycles. The number of carbonyl (C=O) groups is 2. The molecule has 2 atom stereocenters. The predicted octanol–water partition coefficient (Wildman–Crippen LogP) is 1.90. The minimum absolute atomic E-state index is 0.168. The van der Waals surface area contributed by atoms with E-state index in [9.17, 15) is 9.59 Å². The maximum absolute atomic E-state index is 11.7. The van der Waals surface area contributed by atoms with Crippen LogP contribution in [-0.2, 0) is 9.59 Å². The number of carbonyl (C=O) groups excluding carboxylic acids is 1. The average Bonchev–Trinajstić information content (AvgIpc) is 2.36. The molecule has 0 bridgehead atoms. The zero-order valence-corrected chi connectivity index (χ0v) is 12.2. The Morgan fingerprint density at radius 2 is 1.74 bits per heavy atom. The van der Waals surface area contributed by atoms with Crippen LogP contribution in [0.3, 0.4) is 0 Å². The third kappa shape index (κ3) is 8.59. The van der Waals surface area contributed by atoms with Crippen LogP contribution < -0.4 is 11.1 Å². The van der Waals surface area contributed by atoms with E-state index in [-0.39, 0.29) is 5.91 Å². The highest BCUT2D eigenvalue weighted by Gasteiger charge is 2.19. The molecule has 0 aliphatic heterocycles. The van der Waals surface area contributed by atoms with Gasteiger partial charge in [-0.3, -0.25) is 4.79 Å². The first kappa shape index (κ1) is 17.9. The number of carboxylic acids is 1. The van der Waals surface area contributed by atoms with Crippen molar-refractivity contribution in [3.63, 3.8) is 0 Å². The van der Waals surface area contributed by atoms with E-state index in [0.29, 0.717) is 25.3 Å². The normalized spacial score (nSPS) is 13.8. The molecule has 0 saturated heterocycles. The van der Waals surface area contributed by atoms with Crippen LogP contribution in [0.25, 0.3) is 0 Å². The molecule has 0 rings (SSSR count). The molecule has 0 aliphatic carbocycles. The Morgan fingerprint density at radius 1 is 1.11 bits per heavy atom. The summed E-state index contributed by atoms with van der Waals surface area (Å²) in [6, 6.07) is -0.753. The van der Waals surface area contributed by atoms with E-state index in [1.807, 2.05) is 6.92 Å². The first-order valence-electron chi connectivity index (χ1n) is 7.27. The molecule has 0 spiro atoms.